The van der Waals surface area contributed by atoms with Crippen molar-refractivity contribution in [1.29, 1.82) is 5.26 Å². The molecule has 0 saturated carbocycles. The van der Waals surface area contributed by atoms with Crippen LogP contribution in [0.5, 0.6) is 0 Å². The molecule has 11 rings (SSSR count). The third-order valence-electron chi connectivity index (χ3n) is 12.1. The number of hydrogen-bond acceptors (Lipinski definition) is 2. The van der Waals surface area contributed by atoms with E-state index in [1.807, 2.05) is 24.3 Å². The quantitative estimate of drug-likeness (QED) is 0.162. The fraction of sp³-hybridized carbons (Fsp3) is 0.0351. The highest BCUT2D eigenvalue weighted by atomic mass is 15.1. The Kier molecular flexibility index (Phi) is 8.38. The number of hydrogen-bond donors (Lipinski definition) is 0. The molecule has 9 aromatic carbocycles. The van der Waals surface area contributed by atoms with Crippen LogP contribution >= 0.6 is 0 Å². The highest BCUT2D eigenvalue weighted by molar-refractivity contribution is 6.28. The van der Waals surface area contributed by atoms with Crippen LogP contribution in [-0.2, 0) is 0 Å². The van der Waals surface area contributed by atoms with Crippen molar-refractivity contribution in [3.8, 4) is 61.7 Å². The zero-order valence-electron chi connectivity index (χ0n) is 32.4. The molecule has 0 bridgehead atoms. The van der Waals surface area contributed by atoms with Crippen LogP contribution in [0.3, 0.4) is 0 Å². The van der Waals surface area contributed by atoms with Gasteiger partial charge in [0.2, 0.25) is 0 Å². The Morgan fingerprint density at radius 2 is 0.949 bits per heavy atom. The first-order valence-electron chi connectivity index (χ1n) is 20.4. The number of allylic oxidation sites excluding steroid dienone is 3. The molecule has 2 nitrogen and oxygen atoms in total. The zero-order valence-corrected chi connectivity index (χ0v) is 32.4. The minimum absolute atomic E-state index is 0.670. The lowest BCUT2D eigenvalue weighted by molar-refractivity contribution is 1.01. The number of fused-ring (bicyclic) bond motifs is 4. The van der Waals surface area contributed by atoms with Gasteiger partial charge in [-0.15, -0.1) is 0 Å². The van der Waals surface area contributed by atoms with Crippen LogP contribution in [0, 0.1) is 11.3 Å². The third kappa shape index (κ3) is 5.71. The van der Waals surface area contributed by atoms with E-state index in [1.165, 1.54) is 77.2 Å². The van der Waals surface area contributed by atoms with Crippen molar-refractivity contribution >= 4 is 38.5 Å². The van der Waals surface area contributed by atoms with E-state index in [0.717, 1.165) is 41.0 Å². The first kappa shape index (κ1) is 34.5. The van der Waals surface area contributed by atoms with Crippen molar-refractivity contribution < 1.29 is 0 Å². The van der Waals surface area contributed by atoms with Gasteiger partial charge in [-0.1, -0.05) is 170 Å². The van der Waals surface area contributed by atoms with Gasteiger partial charge in [-0.25, -0.2) is 0 Å². The molecule has 0 aromatic heterocycles. The minimum atomic E-state index is 0.670. The Bertz CT molecular complexity index is 3110. The van der Waals surface area contributed by atoms with E-state index in [-0.39, 0.29) is 0 Å². The van der Waals surface area contributed by atoms with E-state index in [0.29, 0.717) is 5.56 Å². The Morgan fingerprint density at radius 3 is 1.64 bits per heavy atom. The lowest BCUT2D eigenvalue weighted by Crippen LogP contribution is -2.17. The molecule has 0 spiro atoms. The molecular formula is C57H38N2. The number of anilines is 2. The summed E-state index contributed by atoms with van der Waals surface area (Å²) in [5, 5.41) is 15.1. The van der Waals surface area contributed by atoms with E-state index < -0.39 is 0 Å². The van der Waals surface area contributed by atoms with Gasteiger partial charge in [0.1, 0.15) is 0 Å². The van der Waals surface area contributed by atoms with Gasteiger partial charge in [-0.3, -0.25) is 0 Å². The highest BCUT2D eigenvalue weighted by Crippen LogP contribution is 2.58. The van der Waals surface area contributed by atoms with Gasteiger partial charge < -0.3 is 4.90 Å². The summed E-state index contributed by atoms with van der Waals surface area (Å²) in [6.07, 6.45) is 6.64. The summed E-state index contributed by atoms with van der Waals surface area (Å²) in [7, 11) is 0. The highest BCUT2D eigenvalue weighted by Gasteiger charge is 2.31. The van der Waals surface area contributed by atoms with Crippen LogP contribution in [0.15, 0.2) is 212 Å². The van der Waals surface area contributed by atoms with Crippen molar-refractivity contribution in [2.45, 2.75) is 12.8 Å². The van der Waals surface area contributed by atoms with Crippen LogP contribution in [0.4, 0.5) is 11.4 Å². The second-order valence-corrected chi connectivity index (χ2v) is 15.4. The molecule has 0 N–H and O–H groups in total. The third-order valence-corrected chi connectivity index (χ3v) is 12.1. The lowest BCUT2D eigenvalue weighted by Gasteiger charge is -2.29. The number of rotatable bonds is 7. The first-order chi connectivity index (χ1) is 29.3. The van der Waals surface area contributed by atoms with Crippen LogP contribution < -0.4 is 4.90 Å². The normalized spacial score (nSPS) is 12.8. The minimum Gasteiger partial charge on any atom is -0.311 e. The maximum atomic E-state index is 9.94. The zero-order chi connectivity index (χ0) is 39.3. The molecule has 2 aliphatic rings. The molecule has 2 heteroatoms. The average Bonchev–Trinajstić information content (AvgIpc) is 3.64. The fourth-order valence-electron chi connectivity index (χ4n) is 9.61. The van der Waals surface area contributed by atoms with Crippen molar-refractivity contribution in [3.05, 3.63) is 223 Å². The van der Waals surface area contributed by atoms with Crippen molar-refractivity contribution in [3.63, 3.8) is 0 Å². The molecule has 0 radical (unpaired) electrons. The van der Waals surface area contributed by atoms with E-state index in [9.17, 15) is 5.26 Å². The molecule has 0 amide bonds. The molecular weight excluding hydrogens is 713 g/mol. The standard InChI is InChI=1S/C57H38N2/c58-37-42-21-10-11-28-46(42)40-22-14-26-44(35-40)59(43-24-8-3-9-25-43)45-27-15-23-41(36-45)47-33-34-52-55-48(47)31-16-32-51(55)56-53(38-17-4-1-5-18-38)49-29-12-13-30-50(49)54(57(52)56)39-19-6-2-7-20-39/h1-14,16-22,24-36H,15,23H2. The predicted molar refractivity (Wildman–Crippen MR) is 247 cm³/mol. The first-order valence-corrected chi connectivity index (χ1v) is 20.4. The molecule has 0 unspecified atom stereocenters. The Hall–Kier alpha value is -7.73. The van der Waals surface area contributed by atoms with Crippen molar-refractivity contribution in [2.75, 3.05) is 4.90 Å². The molecule has 0 heterocycles. The number of para-hydroxylation sites is 1. The van der Waals surface area contributed by atoms with Gasteiger partial charge in [0.25, 0.3) is 0 Å². The van der Waals surface area contributed by atoms with Crippen LogP contribution in [0.1, 0.15) is 24.0 Å². The summed E-state index contributed by atoms with van der Waals surface area (Å²) in [6.45, 7) is 0. The van der Waals surface area contributed by atoms with Gasteiger partial charge in [0.15, 0.2) is 0 Å². The van der Waals surface area contributed by atoms with E-state index in [4.69, 9.17) is 0 Å². The van der Waals surface area contributed by atoms with Gasteiger partial charge in [-0.05, 0) is 138 Å². The van der Waals surface area contributed by atoms with Gasteiger partial charge in [0, 0.05) is 17.1 Å². The number of nitriles is 1. The number of benzene rings is 9. The molecule has 9 aromatic rings. The maximum Gasteiger partial charge on any atom is 0.0998 e. The van der Waals surface area contributed by atoms with Gasteiger partial charge >= 0.3 is 0 Å². The average molecular weight is 751 g/mol. The van der Waals surface area contributed by atoms with Crippen LogP contribution in [0.2, 0.25) is 0 Å². The van der Waals surface area contributed by atoms with E-state index in [1.54, 1.807) is 0 Å². The summed E-state index contributed by atoms with van der Waals surface area (Å²) in [4.78, 5) is 2.36. The predicted octanol–water partition coefficient (Wildman–Crippen LogP) is 15.4. The van der Waals surface area contributed by atoms with Crippen LogP contribution in [-0.4, -0.2) is 0 Å². The molecule has 59 heavy (non-hydrogen) atoms. The van der Waals surface area contributed by atoms with E-state index in [2.05, 4.69) is 193 Å². The monoisotopic (exact) mass is 750 g/mol. The molecule has 0 atom stereocenters. The summed E-state index contributed by atoms with van der Waals surface area (Å²) in [6, 6.07) is 72.0. The lowest BCUT2D eigenvalue weighted by atomic mass is 9.82. The Balaban J connectivity index is 1.10. The van der Waals surface area contributed by atoms with E-state index >= 15 is 0 Å². The molecule has 0 aliphatic heterocycles. The van der Waals surface area contributed by atoms with Gasteiger partial charge in [0.05, 0.1) is 11.6 Å². The smallest absolute Gasteiger partial charge is 0.0998 e. The number of nitrogens with zero attached hydrogens (tertiary/aromatic N) is 2. The largest absolute Gasteiger partial charge is 0.311 e. The Labute approximate surface area is 344 Å². The van der Waals surface area contributed by atoms with Crippen molar-refractivity contribution in [1.82, 2.24) is 0 Å². The van der Waals surface area contributed by atoms with Gasteiger partial charge in [-0.2, -0.15) is 5.26 Å². The fourth-order valence-corrected chi connectivity index (χ4v) is 9.61. The summed E-state index contributed by atoms with van der Waals surface area (Å²) in [5.74, 6) is 0. The maximum absolute atomic E-state index is 9.94. The topological polar surface area (TPSA) is 27.0 Å². The summed E-state index contributed by atoms with van der Waals surface area (Å²) in [5.41, 5.74) is 18.8. The SMILES string of the molecule is N#Cc1ccccc1-c1cccc(N(C2=CCCC(c3ccc4c5c(cccc35)-c3c-4c(-c4ccccc4)c4ccccc4c3-c3ccccc3)=C2)c2ccccc2)c1. The second kappa shape index (κ2) is 14.3. The molecule has 0 saturated heterocycles. The molecule has 0 fully saturated rings. The summed E-state index contributed by atoms with van der Waals surface area (Å²) >= 11 is 0. The summed E-state index contributed by atoms with van der Waals surface area (Å²) < 4.78 is 0. The molecule has 276 valence electrons. The molecule has 2 aliphatic carbocycles. The second-order valence-electron chi connectivity index (χ2n) is 15.4. The van der Waals surface area contributed by atoms with Crippen LogP contribution in [0.25, 0.3) is 82.8 Å². The Morgan fingerprint density at radius 1 is 0.424 bits per heavy atom. The van der Waals surface area contributed by atoms with Crippen molar-refractivity contribution in [2.24, 2.45) is 0 Å².